The Morgan fingerprint density at radius 2 is 1.62 bits per heavy atom. The van der Waals surface area contributed by atoms with Gasteiger partial charge in [0.25, 0.3) is 0 Å². The molecule has 1 amide bonds. The van der Waals surface area contributed by atoms with Crippen LogP contribution in [0.2, 0.25) is 0 Å². The number of carbonyl (C=O) groups is 1. The van der Waals surface area contributed by atoms with Gasteiger partial charge in [-0.05, 0) is 23.6 Å². The van der Waals surface area contributed by atoms with E-state index in [4.69, 9.17) is 0 Å². The molecular weight excluding hydrogens is 324 g/mol. The number of hydrogen-bond donors (Lipinski definition) is 1. The summed E-state index contributed by atoms with van der Waals surface area (Å²) in [7, 11) is -0.547. The minimum atomic E-state index is -3.53. The summed E-state index contributed by atoms with van der Waals surface area (Å²) in [6.45, 7) is 0.191. The van der Waals surface area contributed by atoms with E-state index in [9.17, 15) is 13.2 Å². The summed E-state index contributed by atoms with van der Waals surface area (Å²) in [5, 5.41) is 2.80. The van der Waals surface area contributed by atoms with Crippen molar-refractivity contribution in [2.24, 2.45) is 0 Å². The molecule has 0 unspecified atom stereocenters. The Morgan fingerprint density at radius 1 is 1.00 bits per heavy atom. The summed E-state index contributed by atoms with van der Waals surface area (Å²) < 4.78 is 25.8. The largest absolute Gasteiger partial charge is 0.352 e. The number of aryl methyl sites for hydroxylation is 1. The SMILES string of the molecule is CN(C)S(=O)(=O)c1ccccc1CNC(=O)CCc1ccccc1. The van der Waals surface area contributed by atoms with Crippen LogP contribution >= 0.6 is 0 Å². The highest BCUT2D eigenvalue weighted by atomic mass is 32.2. The standard InChI is InChI=1S/C18H22N2O3S/c1-20(2)24(22,23)17-11-7-6-10-16(17)14-19-18(21)13-12-15-8-4-3-5-9-15/h3-11H,12-14H2,1-2H3,(H,19,21). The van der Waals surface area contributed by atoms with E-state index in [2.05, 4.69) is 5.32 Å². The fourth-order valence-electron chi connectivity index (χ4n) is 2.28. The quantitative estimate of drug-likeness (QED) is 0.836. The molecule has 24 heavy (non-hydrogen) atoms. The molecule has 2 rings (SSSR count). The maximum absolute atomic E-state index is 12.3. The lowest BCUT2D eigenvalue weighted by Gasteiger charge is -2.15. The molecule has 0 atom stereocenters. The third-order valence-electron chi connectivity index (χ3n) is 3.69. The normalized spacial score (nSPS) is 11.5. The monoisotopic (exact) mass is 346 g/mol. The molecule has 0 aliphatic rings. The highest BCUT2D eigenvalue weighted by Crippen LogP contribution is 2.18. The predicted molar refractivity (Wildman–Crippen MR) is 93.9 cm³/mol. The van der Waals surface area contributed by atoms with Crippen LogP contribution in [0.25, 0.3) is 0 Å². The Hall–Kier alpha value is -2.18. The van der Waals surface area contributed by atoms with Gasteiger partial charge in [0, 0.05) is 27.1 Å². The molecule has 6 heteroatoms. The number of hydrogen-bond acceptors (Lipinski definition) is 3. The molecular formula is C18H22N2O3S. The molecule has 0 fully saturated rings. The summed E-state index contributed by atoms with van der Waals surface area (Å²) in [5.74, 6) is -0.101. The summed E-state index contributed by atoms with van der Waals surface area (Å²) in [6, 6.07) is 16.5. The molecule has 0 saturated heterocycles. The first-order valence-electron chi connectivity index (χ1n) is 7.72. The summed E-state index contributed by atoms with van der Waals surface area (Å²) in [6.07, 6.45) is 1.02. The zero-order chi connectivity index (χ0) is 17.6. The minimum Gasteiger partial charge on any atom is -0.352 e. The molecule has 0 heterocycles. The van der Waals surface area contributed by atoms with Gasteiger partial charge in [-0.1, -0.05) is 48.5 Å². The van der Waals surface area contributed by atoms with E-state index in [1.54, 1.807) is 24.3 Å². The molecule has 128 valence electrons. The molecule has 0 bridgehead atoms. The van der Waals surface area contributed by atoms with E-state index < -0.39 is 10.0 Å². The van der Waals surface area contributed by atoms with Crippen LogP contribution in [0.3, 0.4) is 0 Å². The van der Waals surface area contributed by atoms with Crippen LogP contribution in [-0.4, -0.2) is 32.7 Å². The smallest absolute Gasteiger partial charge is 0.242 e. The fourth-order valence-corrected chi connectivity index (χ4v) is 3.40. The van der Waals surface area contributed by atoms with Gasteiger partial charge in [0.15, 0.2) is 0 Å². The average Bonchev–Trinajstić information content (AvgIpc) is 2.59. The second-order valence-electron chi connectivity index (χ2n) is 5.66. The van der Waals surface area contributed by atoms with Crippen molar-refractivity contribution in [3.63, 3.8) is 0 Å². The van der Waals surface area contributed by atoms with E-state index in [1.807, 2.05) is 30.3 Å². The number of benzene rings is 2. The number of nitrogens with zero attached hydrogens (tertiary/aromatic N) is 1. The van der Waals surface area contributed by atoms with Crippen LogP contribution < -0.4 is 5.32 Å². The van der Waals surface area contributed by atoms with Gasteiger partial charge in [0.05, 0.1) is 4.90 Å². The fraction of sp³-hybridized carbons (Fsp3) is 0.278. The second-order valence-corrected chi connectivity index (χ2v) is 7.78. The minimum absolute atomic E-state index is 0.101. The van der Waals surface area contributed by atoms with E-state index in [0.717, 1.165) is 5.56 Å². The van der Waals surface area contributed by atoms with Crippen molar-refractivity contribution in [3.8, 4) is 0 Å². The number of carbonyl (C=O) groups excluding carboxylic acids is 1. The topological polar surface area (TPSA) is 66.5 Å². The summed E-state index contributed by atoms with van der Waals surface area (Å²) in [5.41, 5.74) is 1.68. The van der Waals surface area contributed by atoms with Crippen molar-refractivity contribution >= 4 is 15.9 Å². The molecule has 0 radical (unpaired) electrons. The van der Waals surface area contributed by atoms with Crippen LogP contribution in [0, 0.1) is 0 Å². The lowest BCUT2D eigenvalue weighted by atomic mass is 10.1. The highest BCUT2D eigenvalue weighted by molar-refractivity contribution is 7.89. The molecule has 0 spiro atoms. The van der Waals surface area contributed by atoms with Gasteiger partial charge in [0.2, 0.25) is 15.9 Å². The Labute approximate surface area is 143 Å². The van der Waals surface area contributed by atoms with Crippen LogP contribution in [-0.2, 0) is 27.8 Å². The van der Waals surface area contributed by atoms with Gasteiger partial charge >= 0.3 is 0 Å². The Balaban J connectivity index is 1.98. The first-order valence-corrected chi connectivity index (χ1v) is 9.16. The van der Waals surface area contributed by atoms with Crippen LogP contribution in [0.15, 0.2) is 59.5 Å². The Morgan fingerprint density at radius 3 is 2.29 bits per heavy atom. The van der Waals surface area contributed by atoms with E-state index in [0.29, 0.717) is 18.4 Å². The zero-order valence-corrected chi connectivity index (χ0v) is 14.7. The molecule has 2 aromatic rings. The predicted octanol–water partition coefficient (Wildman–Crippen LogP) is 2.19. The van der Waals surface area contributed by atoms with Crippen molar-refractivity contribution in [1.82, 2.24) is 9.62 Å². The van der Waals surface area contributed by atoms with E-state index >= 15 is 0 Å². The van der Waals surface area contributed by atoms with Gasteiger partial charge in [-0.3, -0.25) is 4.79 Å². The first kappa shape index (κ1) is 18.2. The van der Waals surface area contributed by atoms with Gasteiger partial charge in [0.1, 0.15) is 0 Å². The molecule has 0 aromatic heterocycles. The molecule has 5 nitrogen and oxygen atoms in total. The number of sulfonamides is 1. The van der Waals surface area contributed by atoms with Crippen molar-refractivity contribution < 1.29 is 13.2 Å². The molecule has 0 saturated carbocycles. The average molecular weight is 346 g/mol. The molecule has 1 N–H and O–H groups in total. The molecule has 2 aromatic carbocycles. The highest BCUT2D eigenvalue weighted by Gasteiger charge is 2.20. The van der Waals surface area contributed by atoms with Gasteiger partial charge in [-0.2, -0.15) is 0 Å². The van der Waals surface area contributed by atoms with Gasteiger partial charge in [-0.25, -0.2) is 12.7 Å². The number of amides is 1. The number of nitrogens with one attached hydrogen (secondary N) is 1. The third kappa shape index (κ3) is 4.66. The lowest BCUT2D eigenvalue weighted by Crippen LogP contribution is -2.27. The Bertz CT molecular complexity index is 787. The second kappa shape index (κ2) is 8.08. The zero-order valence-electron chi connectivity index (χ0n) is 13.9. The third-order valence-corrected chi connectivity index (χ3v) is 5.61. The summed E-state index contributed by atoms with van der Waals surface area (Å²) in [4.78, 5) is 12.2. The van der Waals surface area contributed by atoms with Crippen LogP contribution in [0.5, 0.6) is 0 Å². The molecule has 0 aliphatic heterocycles. The maximum Gasteiger partial charge on any atom is 0.242 e. The van der Waals surface area contributed by atoms with Crippen molar-refractivity contribution in [3.05, 3.63) is 65.7 Å². The lowest BCUT2D eigenvalue weighted by molar-refractivity contribution is -0.121. The maximum atomic E-state index is 12.3. The first-order chi connectivity index (χ1) is 11.4. The van der Waals surface area contributed by atoms with Crippen LogP contribution in [0.1, 0.15) is 17.5 Å². The van der Waals surface area contributed by atoms with Gasteiger partial charge in [-0.15, -0.1) is 0 Å². The summed E-state index contributed by atoms with van der Waals surface area (Å²) >= 11 is 0. The van der Waals surface area contributed by atoms with Crippen molar-refractivity contribution in [2.75, 3.05) is 14.1 Å². The van der Waals surface area contributed by atoms with E-state index in [-0.39, 0.29) is 17.3 Å². The van der Waals surface area contributed by atoms with Crippen molar-refractivity contribution in [2.45, 2.75) is 24.3 Å². The van der Waals surface area contributed by atoms with Gasteiger partial charge < -0.3 is 5.32 Å². The van der Waals surface area contributed by atoms with Crippen molar-refractivity contribution in [1.29, 1.82) is 0 Å². The van der Waals surface area contributed by atoms with Crippen LogP contribution in [0.4, 0.5) is 0 Å². The number of rotatable bonds is 7. The van der Waals surface area contributed by atoms with E-state index in [1.165, 1.54) is 18.4 Å². The Kier molecular flexibility index (Phi) is 6.11. The molecule has 0 aliphatic carbocycles.